The number of carbonyl (C=O) groups is 2. The molecule has 1 aromatic rings. The average molecular weight is 449 g/mol. The number of aliphatic carboxylic acids is 1. The van der Waals surface area contributed by atoms with Gasteiger partial charge in [-0.05, 0) is 50.5 Å². The highest BCUT2D eigenvalue weighted by Crippen LogP contribution is 2.20. The first-order chi connectivity index (χ1) is 15.5. The minimum absolute atomic E-state index is 0.00940. The number of rotatable bonds is 20. The lowest BCUT2D eigenvalue weighted by Gasteiger charge is -2.21. The summed E-state index contributed by atoms with van der Waals surface area (Å²) in [6.45, 7) is 4.30. The van der Waals surface area contributed by atoms with E-state index in [1.807, 2.05) is 18.2 Å². The van der Waals surface area contributed by atoms with E-state index in [2.05, 4.69) is 19.1 Å². The molecule has 5 heteroatoms. The average Bonchev–Trinajstić information content (AvgIpc) is 2.76. The number of carboxylic acids is 1. The lowest BCUT2D eigenvalue weighted by Crippen LogP contribution is -2.18. The Morgan fingerprint density at radius 2 is 1.41 bits per heavy atom. The molecule has 0 spiro atoms. The van der Waals surface area contributed by atoms with E-state index in [-0.39, 0.29) is 24.6 Å². The molecule has 0 bridgehead atoms. The normalized spacial score (nSPS) is 12.9. The van der Waals surface area contributed by atoms with Gasteiger partial charge >= 0.3 is 11.9 Å². The third-order valence-electron chi connectivity index (χ3n) is 5.76. The fraction of sp³-hybridized carbons (Fsp3) is 0.704. The zero-order valence-corrected chi connectivity index (χ0v) is 20.2. The van der Waals surface area contributed by atoms with Crippen LogP contribution in [-0.4, -0.2) is 29.3 Å². The number of hydrogen-bond acceptors (Lipinski definition) is 4. The molecule has 0 heterocycles. The van der Waals surface area contributed by atoms with E-state index < -0.39 is 5.97 Å². The van der Waals surface area contributed by atoms with Crippen molar-refractivity contribution in [2.24, 2.45) is 0 Å². The minimum Gasteiger partial charge on any atom is -0.481 e. The summed E-state index contributed by atoms with van der Waals surface area (Å²) in [4.78, 5) is 22.1. The van der Waals surface area contributed by atoms with Crippen LogP contribution in [0.4, 0.5) is 0 Å². The molecule has 1 aromatic carbocycles. The SMILES string of the molecule is CCCCCCC(CCCC(CCCCCCC(=O)O)OCc1ccccc1)OC(C)=O. The van der Waals surface area contributed by atoms with Gasteiger partial charge in [-0.25, -0.2) is 0 Å². The lowest BCUT2D eigenvalue weighted by atomic mass is 10.00. The molecule has 0 amide bonds. The first-order valence-corrected chi connectivity index (χ1v) is 12.6. The Balaban J connectivity index is 2.44. The Kier molecular flexibility index (Phi) is 16.4. The van der Waals surface area contributed by atoms with Gasteiger partial charge in [-0.3, -0.25) is 9.59 Å². The number of carbonyl (C=O) groups excluding carboxylic acids is 1. The molecule has 1 N–H and O–H groups in total. The fourth-order valence-corrected chi connectivity index (χ4v) is 3.97. The van der Waals surface area contributed by atoms with Crippen LogP contribution in [0.25, 0.3) is 0 Å². The second-order valence-corrected chi connectivity index (χ2v) is 8.78. The maximum Gasteiger partial charge on any atom is 0.303 e. The van der Waals surface area contributed by atoms with Crippen LogP contribution in [0.15, 0.2) is 30.3 Å². The van der Waals surface area contributed by atoms with Crippen LogP contribution in [0.2, 0.25) is 0 Å². The van der Waals surface area contributed by atoms with Gasteiger partial charge in [0.15, 0.2) is 0 Å². The van der Waals surface area contributed by atoms with Crippen molar-refractivity contribution >= 4 is 11.9 Å². The second-order valence-electron chi connectivity index (χ2n) is 8.78. The molecule has 2 unspecified atom stereocenters. The van der Waals surface area contributed by atoms with E-state index in [4.69, 9.17) is 14.6 Å². The topological polar surface area (TPSA) is 72.8 Å². The van der Waals surface area contributed by atoms with Crippen LogP contribution < -0.4 is 0 Å². The van der Waals surface area contributed by atoms with Gasteiger partial charge in [0.1, 0.15) is 6.10 Å². The molecule has 0 aliphatic carbocycles. The van der Waals surface area contributed by atoms with Crippen molar-refractivity contribution in [1.29, 1.82) is 0 Å². The predicted molar refractivity (Wildman–Crippen MR) is 129 cm³/mol. The standard InChI is InChI=1S/C27H44O5/c1-3-4-5-11-18-26(32-23(2)28)20-14-19-25(17-12-6-7-13-21-27(29)30)31-22-24-15-9-8-10-16-24/h8-10,15-16,25-26H,3-7,11-14,17-22H2,1-2H3,(H,29,30). The van der Waals surface area contributed by atoms with E-state index >= 15 is 0 Å². The van der Waals surface area contributed by atoms with Crippen LogP contribution in [0, 0.1) is 0 Å². The minimum atomic E-state index is -0.717. The van der Waals surface area contributed by atoms with E-state index in [0.717, 1.165) is 64.2 Å². The van der Waals surface area contributed by atoms with Crippen LogP contribution in [0.5, 0.6) is 0 Å². The van der Waals surface area contributed by atoms with E-state index in [9.17, 15) is 9.59 Å². The predicted octanol–water partition coefficient (Wildman–Crippen LogP) is 7.07. The zero-order valence-electron chi connectivity index (χ0n) is 20.2. The molecule has 0 saturated heterocycles. The molecular weight excluding hydrogens is 404 g/mol. The molecule has 32 heavy (non-hydrogen) atoms. The third-order valence-corrected chi connectivity index (χ3v) is 5.76. The number of hydrogen-bond donors (Lipinski definition) is 1. The van der Waals surface area contributed by atoms with Crippen LogP contribution in [-0.2, 0) is 25.7 Å². The van der Waals surface area contributed by atoms with Crippen molar-refractivity contribution in [2.75, 3.05) is 0 Å². The van der Waals surface area contributed by atoms with Crippen molar-refractivity contribution in [2.45, 2.75) is 123 Å². The summed E-state index contributed by atoms with van der Waals surface area (Å²) in [5.41, 5.74) is 1.17. The Morgan fingerprint density at radius 3 is 2.06 bits per heavy atom. The largest absolute Gasteiger partial charge is 0.481 e. The number of carboxylic acid groups (broad SMARTS) is 1. The van der Waals surface area contributed by atoms with Gasteiger partial charge in [0.2, 0.25) is 0 Å². The van der Waals surface area contributed by atoms with Gasteiger partial charge in [-0.2, -0.15) is 0 Å². The lowest BCUT2D eigenvalue weighted by molar-refractivity contribution is -0.147. The zero-order chi connectivity index (χ0) is 23.4. The Hall–Kier alpha value is -1.88. The highest BCUT2D eigenvalue weighted by molar-refractivity contribution is 5.66. The Labute approximate surface area is 194 Å². The van der Waals surface area contributed by atoms with Gasteiger partial charge in [0, 0.05) is 13.3 Å². The molecule has 182 valence electrons. The second kappa shape index (κ2) is 18.7. The summed E-state index contributed by atoms with van der Waals surface area (Å²) < 4.78 is 11.8. The highest BCUT2D eigenvalue weighted by Gasteiger charge is 2.15. The van der Waals surface area contributed by atoms with E-state index in [1.54, 1.807) is 0 Å². The third kappa shape index (κ3) is 15.9. The maximum absolute atomic E-state index is 11.5. The number of benzene rings is 1. The highest BCUT2D eigenvalue weighted by atomic mass is 16.5. The van der Waals surface area contributed by atoms with Gasteiger partial charge in [-0.1, -0.05) is 75.8 Å². The van der Waals surface area contributed by atoms with E-state index in [1.165, 1.54) is 31.7 Å². The fourth-order valence-electron chi connectivity index (χ4n) is 3.97. The first-order valence-electron chi connectivity index (χ1n) is 12.6. The molecule has 0 saturated carbocycles. The van der Waals surface area contributed by atoms with Crippen LogP contribution >= 0.6 is 0 Å². The van der Waals surface area contributed by atoms with Crippen molar-refractivity contribution < 1.29 is 24.2 Å². The van der Waals surface area contributed by atoms with Gasteiger partial charge in [0.05, 0.1) is 12.7 Å². The number of esters is 1. The van der Waals surface area contributed by atoms with Gasteiger partial charge in [-0.15, -0.1) is 0 Å². The maximum atomic E-state index is 11.5. The molecule has 0 aromatic heterocycles. The number of unbranched alkanes of at least 4 members (excludes halogenated alkanes) is 6. The molecule has 5 nitrogen and oxygen atoms in total. The smallest absolute Gasteiger partial charge is 0.303 e. The van der Waals surface area contributed by atoms with Gasteiger partial charge < -0.3 is 14.6 Å². The van der Waals surface area contributed by atoms with Crippen LogP contribution in [0.3, 0.4) is 0 Å². The quantitative estimate of drug-likeness (QED) is 0.171. The summed E-state index contributed by atoms with van der Waals surface area (Å²) in [5, 5.41) is 8.76. The van der Waals surface area contributed by atoms with Crippen molar-refractivity contribution in [3.63, 3.8) is 0 Å². The summed E-state index contributed by atoms with van der Waals surface area (Å²) in [5.74, 6) is -0.908. The number of ether oxygens (including phenoxy) is 2. The summed E-state index contributed by atoms with van der Waals surface area (Å²) in [7, 11) is 0. The van der Waals surface area contributed by atoms with Gasteiger partial charge in [0.25, 0.3) is 0 Å². The molecule has 0 fully saturated rings. The van der Waals surface area contributed by atoms with Crippen molar-refractivity contribution in [3.8, 4) is 0 Å². The van der Waals surface area contributed by atoms with Crippen molar-refractivity contribution in [3.05, 3.63) is 35.9 Å². The molecular formula is C27H44O5. The Bertz CT molecular complexity index is 601. The summed E-state index contributed by atoms with van der Waals surface area (Å²) in [6, 6.07) is 10.2. The first kappa shape index (κ1) is 28.2. The van der Waals surface area contributed by atoms with Crippen LogP contribution in [0.1, 0.15) is 109 Å². The molecule has 0 aliphatic rings. The van der Waals surface area contributed by atoms with E-state index in [0.29, 0.717) is 6.61 Å². The molecule has 1 rings (SSSR count). The van der Waals surface area contributed by atoms with Crippen molar-refractivity contribution in [1.82, 2.24) is 0 Å². The molecule has 0 aliphatic heterocycles. The summed E-state index contributed by atoms with van der Waals surface area (Å²) in [6.07, 6.45) is 13.7. The molecule has 0 radical (unpaired) electrons. The molecule has 2 atom stereocenters. The Morgan fingerprint density at radius 1 is 0.812 bits per heavy atom. The monoisotopic (exact) mass is 448 g/mol. The summed E-state index contributed by atoms with van der Waals surface area (Å²) >= 11 is 0.